The first-order chi connectivity index (χ1) is 15.0. The third kappa shape index (κ3) is 6.40. The number of halogens is 3. The first-order valence-corrected chi connectivity index (χ1v) is 11.1. The van der Waals surface area contributed by atoms with Gasteiger partial charge in [-0.3, -0.25) is 14.6 Å². The number of aryl methyl sites for hydroxylation is 2. The quantitative estimate of drug-likeness (QED) is 0.308. The van der Waals surface area contributed by atoms with Crippen LogP contribution in [0.5, 0.6) is 0 Å². The van der Waals surface area contributed by atoms with E-state index in [1.54, 1.807) is 7.05 Å². The highest BCUT2D eigenvalue weighted by Crippen LogP contribution is 2.19. The van der Waals surface area contributed by atoms with E-state index in [9.17, 15) is 8.78 Å². The number of benzene rings is 1. The minimum absolute atomic E-state index is 0. The predicted octanol–water partition coefficient (Wildman–Crippen LogP) is 3.77. The normalized spacial score (nSPS) is 17.2. The number of rotatable bonds is 7. The lowest BCUT2D eigenvalue weighted by atomic mass is 10.0. The summed E-state index contributed by atoms with van der Waals surface area (Å²) >= 11 is 0. The molecule has 1 aromatic carbocycles. The number of hydrogen-bond donors (Lipinski definition) is 2. The van der Waals surface area contributed by atoms with E-state index in [0.717, 1.165) is 43.9 Å². The molecular formula is C23H35F2IN6. The molecular weight excluding hydrogens is 525 g/mol. The van der Waals surface area contributed by atoms with Crippen LogP contribution in [0.15, 0.2) is 23.2 Å². The monoisotopic (exact) mass is 560 g/mol. The van der Waals surface area contributed by atoms with Crippen molar-refractivity contribution in [3.8, 4) is 0 Å². The number of hydrogen-bond acceptors (Lipinski definition) is 3. The molecule has 2 N–H and O–H groups in total. The van der Waals surface area contributed by atoms with Crippen molar-refractivity contribution in [2.24, 2.45) is 12.0 Å². The fourth-order valence-electron chi connectivity index (χ4n) is 4.38. The lowest BCUT2D eigenvalue weighted by Crippen LogP contribution is -2.50. The first kappa shape index (κ1) is 26.5. The number of piperidine rings is 1. The lowest BCUT2D eigenvalue weighted by Gasteiger charge is -2.34. The molecule has 1 aliphatic heterocycles. The van der Waals surface area contributed by atoms with Crippen LogP contribution in [0, 0.1) is 11.6 Å². The van der Waals surface area contributed by atoms with Gasteiger partial charge < -0.3 is 10.6 Å². The fourth-order valence-corrected chi connectivity index (χ4v) is 4.38. The average Bonchev–Trinajstić information content (AvgIpc) is 3.08. The average molecular weight is 560 g/mol. The van der Waals surface area contributed by atoms with Crippen molar-refractivity contribution in [2.75, 3.05) is 20.1 Å². The molecule has 0 aliphatic carbocycles. The Morgan fingerprint density at radius 2 is 1.91 bits per heavy atom. The van der Waals surface area contributed by atoms with Crippen LogP contribution in [-0.2, 0) is 33.0 Å². The number of guanidine groups is 1. The summed E-state index contributed by atoms with van der Waals surface area (Å²) in [6.45, 7) is 6.74. The summed E-state index contributed by atoms with van der Waals surface area (Å²) in [5, 5.41) is 11.5. The molecule has 32 heavy (non-hydrogen) atoms. The largest absolute Gasteiger partial charge is 0.352 e. The van der Waals surface area contributed by atoms with Crippen LogP contribution in [0.3, 0.4) is 0 Å². The highest BCUT2D eigenvalue weighted by Gasteiger charge is 2.23. The maximum Gasteiger partial charge on any atom is 0.191 e. The zero-order valence-corrected chi connectivity index (χ0v) is 21.7. The molecule has 1 atom stereocenters. The van der Waals surface area contributed by atoms with Gasteiger partial charge in [0.05, 0.1) is 5.69 Å². The van der Waals surface area contributed by atoms with Crippen LogP contribution < -0.4 is 10.6 Å². The van der Waals surface area contributed by atoms with E-state index in [2.05, 4.69) is 39.5 Å². The van der Waals surface area contributed by atoms with Crippen molar-refractivity contribution in [1.82, 2.24) is 25.3 Å². The van der Waals surface area contributed by atoms with Crippen molar-refractivity contribution in [1.29, 1.82) is 0 Å². The molecule has 6 nitrogen and oxygen atoms in total. The van der Waals surface area contributed by atoms with Gasteiger partial charge in [0.1, 0.15) is 11.6 Å². The molecule has 1 unspecified atom stereocenters. The van der Waals surface area contributed by atoms with E-state index in [4.69, 9.17) is 0 Å². The molecule has 1 aromatic heterocycles. The van der Waals surface area contributed by atoms with E-state index in [-0.39, 0.29) is 42.1 Å². The zero-order chi connectivity index (χ0) is 22.4. The summed E-state index contributed by atoms with van der Waals surface area (Å²) in [6.07, 6.45) is 3.77. The third-order valence-electron chi connectivity index (χ3n) is 5.97. The van der Waals surface area contributed by atoms with Gasteiger partial charge in [0.25, 0.3) is 0 Å². The Morgan fingerprint density at radius 3 is 2.53 bits per heavy atom. The van der Waals surface area contributed by atoms with Crippen LogP contribution >= 0.6 is 24.0 Å². The third-order valence-corrected chi connectivity index (χ3v) is 5.97. The standard InChI is InChI=1S/C23H34F2N6.HI/c1-5-21-17(22(6-2)30(4)29-21)13-27-23(26-3)28-16-9-8-12-31(14-16)15-18-19(24)10-7-11-20(18)25;/h7,10-11,16H,5-6,8-9,12-15H2,1-4H3,(H2,26,27,28);1H. The van der Waals surface area contributed by atoms with Crippen molar-refractivity contribution >= 4 is 29.9 Å². The van der Waals surface area contributed by atoms with Crippen molar-refractivity contribution in [3.63, 3.8) is 0 Å². The molecule has 0 radical (unpaired) electrons. The molecule has 2 aromatic rings. The van der Waals surface area contributed by atoms with Gasteiger partial charge in [-0.2, -0.15) is 5.10 Å². The fraction of sp³-hybridized carbons (Fsp3) is 0.565. The van der Waals surface area contributed by atoms with Gasteiger partial charge in [-0.15, -0.1) is 24.0 Å². The highest BCUT2D eigenvalue weighted by molar-refractivity contribution is 14.0. The van der Waals surface area contributed by atoms with Crippen LogP contribution in [0.2, 0.25) is 0 Å². The van der Waals surface area contributed by atoms with Gasteiger partial charge in [-0.25, -0.2) is 8.78 Å². The van der Waals surface area contributed by atoms with Gasteiger partial charge in [0, 0.05) is 56.6 Å². The van der Waals surface area contributed by atoms with Crippen LogP contribution in [0.25, 0.3) is 0 Å². The summed E-state index contributed by atoms with van der Waals surface area (Å²) in [4.78, 5) is 6.48. The number of nitrogens with one attached hydrogen (secondary N) is 2. The molecule has 9 heteroatoms. The molecule has 0 saturated carbocycles. The second-order valence-corrected chi connectivity index (χ2v) is 8.05. The van der Waals surface area contributed by atoms with Crippen LogP contribution in [0.1, 0.15) is 49.2 Å². The van der Waals surface area contributed by atoms with Crippen molar-refractivity contribution < 1.29 is 8.78 Å². The topological polar surface area (TPSA) is 57.5 Å². The Labute approximate surface area is 206 Å². The highest BCUT2D eigenvalue weighted by atomic mass is 127. The van der Waals surface area contributed by atoms with Crippen LogP contribution in [0.4, 0.5) is 8.78 Å². The maximum atomic E-state index is 14.0. The summed E-state index contributed by atoms with van der Waals surface area (Å²) in [6, 6.07) is 4.20. The molecule has 0 spiro atoms. The number of aliphatic imine (C=N–C) groups is 1. The van der Waals surface area contributed by atoms with Crippen LogP contribution in [-0.4, -0.2) is 46.8 Å². The van der Waals surface area contributed by atoms with Crippen molar-refractivity contribution in [2.45, 2.75) is 58.7 Å². The molecule has 2 heterocycles. The Balaban J connectivity index is 0.00000363. The Morgan fingerprint density at radius 1 is 1.19 bits per heavy atom. The van der Waals surface area contributed by atoms with Gasteiger partial charge in [0.2, 0.25) is 0 Å². The van der Waals surface area contributed by atoms with Gasteiger partial charge >= 0.3 is 0 Å². The summed E-state index contributed by atoms with van der Waals surface area (Å²) in [5.74, 6) is -0.234. The summed E-state index contributed by atoms with van der Waals surface area (Å²) in [7, 11) is 3.75. The molecule has 0 amide bonds. The van der Waals surface area contributed by atoms with Crippen molar-refractivity contribution in [3.05, 3.63) is 52.3 Å². The Kier molecular flexibility index (Phi) is 10.3. The first-order valence-electron chi connectivity index (χ1n) is 11.1. The Hall–Kier alpha value is -1.75. The minimum Gasteiger partial charge on any atom is -0.352 e. The van der Waals surface area contributed by atoms with Gasteiger partial charge in [-0.05, 0) is 44.4 Å². The lowest BCUT2D eigenvalue weighted by molar-refractivity contribution is 0.188. The molecule has 3 rings (SSSR count). The van der Waals surface area contributed by atoms with E-state index < -0.39 is 11.6 Å². The number of aromatic nitrogens is 2. The van der Waals surface area contributed by atoms with E-state index in [0.29, 0.717) is 13.1 Å². The molecule has 1 fully saturated rings. The second kappa shape index (κ2) is 12.5. The summed E-state index contributed by atoms with van der Waals surface area (Å²) in [5.41, 5.74) is 3.71. The van der Waals surface area contributed by atoms with Gasteiger partial charge in [-0.1, -0.05) is 19.9 Å². The minimum atomic E-state index is -0.484. The van der Waals surface area contributed by atoms with E-state index >= 15 is 0 Å². The van der Waals surface area contributed by atoms with E-state index in [1.807, 2.05) is 11.7 Å². The molecule has 178 valence electrons. The number of likely N-dealkylation sites (tertiary alicyclic amines) is 1. The Bertz CT molecular complexity index is 894. The predicted molar refractivity (Wildman–Crippen MR) is 135 cm³/mol. The zero-order valence-electron chi connectivity index (χ0n) is 19.4. The molecule has 1 saturated heterocycles. The van der Waals surface area contributed by atoms with Gasteiger partial charge in [0.15, 0.2) is 5.96 Å². The number of nitrogens with zero attached hydrogens (tertiary/aromatic N) is 4. The molecule has 1 aliphatic rings. The smallest absolute Gasteiger partial charge is 0.191 e. The maximum absolute atomic E-state index is 14.0. The molecule has 0 bridgehead atoms. The second-order valence-electron chi connectivity index (χ2n) is 8.05. The summed E-state index contributed by atoms with van der Waals surface area (Å²) < 4.78 is 30.0. The van der Waals surface area contributed by atoms with E-state index in [1.165, 1.54) is 29.5 Å². The SMILES string of the molecule is CCc1nn(C)c(CC)c1CNC(=NC)NC1CCCN(Cc2c(F)cccc2F)C1.I.